The van der Waals surface area contributed by atoms with Crippen molar-refractivity contribution in [1.29, 1.82) is 0 Å². The minimum absolute atomic E-state index is 0.0162. The largest absolute Gasteiger partial charge is 0.464 e. The number of aromatic nitrogens is 4. The molecule has 0 fully saturated rings. The van der Waals surface area contributed by atoms with E-state index in [0.717, 1.165) is 19.3 Å². The van der Waals surface area contributed by atoms with Gasteiger partial charge in [-0.2, -0.15) is 0 Å². The molecule has 24 heavy (non-hydrogen) atoms. The third-order valence-electron chi connectivity index (χ3n) is 3.81. The molecule has 8 heteroatoms. The van der Waals surface area contributed by atoms with E-state index in [1.165, 1.54) is 31.9 Å². The maximum Gasteiger partial charge on any atom is 0.336 e. The van der Waals surface area contributed by atoms with Gasteiger partial charge in [-0.15, -0.1) is 0 Å². The first-order valence-corrected chi connectivity index (χ1v) is 8.39. The normalized spacial score (nSPS) is 12.4. The van der Waals surface area contributed by atoms with Gasteiger partial charge in [-0.1, -0.05) is 39.0 Å². The van der Waals surface area contributed by atoms with Crippen LogP contribution in [0.25, 0.3) is 11.2 Å². The van der Waals surface area contributed by atoms with Crippen LogP contribution in [0.2, 0.25) is 0 Å². The lowest BCUT2D eigenvalue weighted by molar-refractivity contribution is -0.154. The zero-order valence-electron chi connectivity index (χ0n) is 14.0. The van der Waals surface area contributed by atoms with Crippen LogP contribution in [-0.2, 0) is 16.1 Å². The molecule has 0 spiro atoms. The standard InChI is InChI=1S/C16H25N5O3/c1-2-3-4-5-6-7-8-24-16(23)12(22)9-21-11-20-13-14(17)18-10-19-15(13)21/h10-12,22H,2-9H2,1H3,(H2,17,18,19). The van der Waals surface area contributed by atoms with Gasteiger partial charge in [0.05, 0.1) is 19.5 Å². The Bertz CT molecular complexity index is 658. The van der Waals surface area contributed by atoms with Crippen LogP contribution in [0.1, 0.15) is 45.4 Å². The number of rotatable bonds is 10. The van der Waals surface area contributed by atoms with Crippen molar-refractivity contribution in [2.45, 2.75) is 58.1 Å². The predicted molar refractivity (Wildman–Crippen MR) is 90.1 cm³/mol. The van der Waals surface area contributed by atoms with E-state index < -0.39 is 12.1 Å². The van der Waals surface area contributed by atoms with E-state index in [1.807, 2.05) is 0 Å². The molecule has 0 saturated heterocycles. The molecule has 8 nitrogen and oxygen atoms in total. The first-order valence-electron chi connectivity index (χ1n) is 8.39. The summed E-state index contributed by atoms with van der Waals surface area (Å²) in [4.78, 5) is 23.9. The number of hydrogen-bond acceptors (Lipinski definition) is 7. The Morgan fingerprint density at radius 2 is 2.00 bits per heavy atom. The zero-order chi connectivity index (χ0) is 17.4. The first-order chi connectivity index (χ1) is 11.6. The zero-order valence-corrected chi connectivity index (χ0v) is 14.0. The molecule has 0 aliphatic carbocycles. The number of nitrogen functional groups attached to an aromatic ring is 1. The van der Waals surface area contributed by atoms with Crippen LogP contribution < -0.4 is 5.73 Å². The summed E-state index contributed by atoms with van der Waals surface area (Å²) in [6, 6.07) is 0. The van der Waals surface area contributed by atoms with Gasteiger partial charge >= 0.3 is 5.97 Å². The number of fused-ring (bicyclic) bond motifs is 1. The van der Waals surface area contributed by atoms with E-state index in [9.17, 15) is 9.90 Å². The van der Waals surface area contributed by atoms with Crippen molar-refractivity contribution in [2.75, 3.05) is 12.3 Å². The van der Waals surface area contributed by atoms with Gasteiger partial charge < -0.3 is 20.1 Å². The van der Waals surface area contributed by atoms with Crippen LogP contribution in [-0.4, -0.2) is 43.3 Å². The molecule has 0 aliphatic heterocycles. The molecule has 0 saturated carbocycles. The number of nitrogens with zero attached hydrogens (tertiary/aromatic N) is 4. The number of carbonyl (C=O) groups is 1. The number of unbranched alkanes of at least 4 members (excludes halogenated alkanes) is 5. The van der Waals surface area contributed by atoms with Crippen molar-refractivity contribution >= 4 is 23.0 Å². The third kappa shape index (κ3) is 4.89. The molecule has 0 amide bonds. The Morgan fingerprint density at radius 3 is 2.79 bits per heavy atom. The van der Waals surface area contributed by atoms with E-state index in [-0.39, 0.29) is 12.4 Å². The molecular formula is C16H25N5O3. The molecule has 0 bridgehead atoms. The second-order valence-corrected chi connectivity index (χ2v) is 5.78. The Labute approximate surface area is 141 Å². The number of aliphatic hydroxyl groups is 1. The molecule has 1 atom stereocenters. The summed E-state index contributed by atoms with van der Waals surface area (Å²) in [6.45, 7) is 2.52. The molecule has 132 valence electrons. The Balaban J connectivity index is 1.76. The molecule has 2 aromatic rings. The number of ether oxygens (including phenoxy) is 1. The summed E-state index contributed by atoms with van der Waals surface area (Å²) in [7, 11) is 0. The van der Waals surface area contributed by atoms with Gasteiger partial charge in [0, 0.05) is 0 Å². The fourth-order valence-corrected chi connectivity index (χ4v) is 2.44. The van der Waals surface area contributed by atoms with Crippen molar-refractivity contribution in [2.24, 2.45) is 0 Å². The van der Waals surface area contributed by atoms with Crippen LogP contribution in [0.3, 0.4) is 0 Å². The Kier molecular flexibility index (Phi) is 6.92. The van der Waals surface area contributed by atoms with E-state index >= 15 is 0 Å². The number of esters is 1. The molecule has 2 heterocycles. The van der Waals surface area contributed by atoms with Gasteiger partial charge in [-0.3, -0.25) is 0 Å². The number of aliphatic hydroxyl groups excluding tert-OH is 1. The SMILES string of the molecule is CCCCCCCCOC(=O)C(O)Cn1cnc2c(N)ncnc21. The van der Waals surface area contributed by atoms with Gasteiger partial charge in [0.15, 0.2) is 17.6 Å². The number of hydrogen-bond donors (Lipinski definition) is 2. The van der Waals surface area contributed by atoms with Crippen molar-refractivity contribution in [3.63, 3.8) is 0 Å². The van der Waals surface area contributed by atoms with Crippen molar-refractivity contribution in [1.82, 2.24) is 19.5 Å². The summed E-state index contributed by atoms with van der Waals surface area (Å²) in [5, 5.41) is 9.99. The highest BCUT2D eigenvalue weighted by Gasteiger charge is 2.19. The molecule has 2 rings (SSSR count). The smallest absolute Gasteiger partial charge is 0.336 e. The predicted octanol–water partition coefficient (Wildman–Crippen LogP) is 1.67. The number of imidazole rings is 1. The minimum atomic E-state index is -1.27. The summed E-state index contributed by atoms with van der Waals surface area (Å²) in [5.74, 6) is -0.369. The average molecular weight is 335 g/mol. The minimum Gasteiger partial charge on any atom is -0.464 e. The van der Waals surface area contributed by atoms with Gasteiger partial charge in [0.1, 0.15) is 11.8 Å². The fourth-order valence-electron chi connectivity index (χ4n) is 2.44. The van der Waals surface area contributed by atoms with Gasteiger partial charge in [0.25, 0.3) is 0 Å². The van der Waals surface area contributed by atoms with E-state index in [1.54, 1.807) is 4.57 Å². The van der Waals surface area contributed by atoms with E-state index in [0.29, 0.717) is 17.8 Å². The van der Waals surface area contributed by atoms with Crippen LogP contribution in [0.15, 0.2) is 12.7 Å². The second kappa shape index (κ2) is 9.17. The maximum atomic E-state index is 11.8. The first kappa shape index (κ1) is 18.1. The van der Waals surface area contributed by atoms with Crippen molar-refractivity contribution < 1.29 is 14.6 Å². The summed E-state index contributed by atoms with van der Waals surface area (Å²) in [5.41, 5.74) is 6.63. The molecule has 0 radical (unpaired) electrons. The second-order valence-electron chi connectivity index (χ2n) is 5.78. The lowest BCUT2D eigenvalue weighted by Crippen LogP contribution is -2.28. The third-order valence-corrected chi connectivity index (χ3v) is 3.81. The number of nitrogens with two attached hydrogens (primary N) is 1. The topological polar surface area (TPSA) is 116 Å². The van der Waals surface area contributed by atoms with Crippen LogP contribution in [0.4, 0.5) is 5.82 Å². The monoisotopic (exact) mass is 335 g/mol. The molecular weight excluding hydrogens is 310 g/mol. The fraction of sp³-hybridized carbons (Fsp3) is 0.625. The quantitative estimate of drug-likeness (QED) is 0.501. The number of anilines is 1. The van der Waals surface area contributed by atoms with E-state index in [4.69, 9.17) is 10.5 Å². The molecule has 0 aromatic carbocycles. The summed E-state index contributed by atoms with van der Waals surface area (Å²) >= 11 is 0. The molecule has 1 unspecified atom stereocenters. The Morgan fingerprint density at radius 1 is 1.25 bits per heavy atom. The highest BCUT2D eigenvalue weighted by Crippen LogP contribution is 2.14. The lowest BCUT2D eigenvalue weighted by Gasteiger charge is -2.11. The molecule has 0 aliphatic rings. The highest BCUT2D eigenvalue weighted by atomic mass is 16.5. The summed E-state index contributed by atoms with van der Waals surface area (Å²) < 4.78 is 6.67. The summed E-state index contributed by atoms with van der Waals surface area (Å²) in [6.07, 6.45) is 8.19. The highest BCUT2D eigenvalue weighted by molar-refractivity contribution is 5.81. The van der Waals surface area contributed by atoms with Gasteiger partial charge in [0.2, 0.25) is 0 Å². The van der Waals surface area contributed by atoms with Gasteiger partial charge in [-0.25, -0.2) is 19.7 Å². The average Bonchev–Trinajstić information content (AvgIpc) is 2.98. The molecule has 2 aromatic heterocycles. The maximum absolute atomic E-state index is 11.8. The van der Waals surface area contributed by atoms with Crippen LogP contribution >= 0.6 is 0 Å². The van der Waals surface area contributed by atoms with Crippen LogP contribution in [0.5, 0.6) is 0 Å². The van der Waals surface area contributed by atoms with Crippen molar-refractivity contribution in [3.05, 3.63) is 12.7 Å². The lowest BCUT2D eigenvalue weighted by atomic mass is 10.1. The number of carbonyl (C=O) groups excluding carboxylic acids is 1. The van der Waals surface area contributed by atoms with E-state index in [2.05, 4.69) is 21.9 Å². The molecule has 3 N–H and O–H groups in total. The van der Waals surface area contributed by atoms with Crippen molar-refractivity contribution in [3.8, 4) is 0 Å². The van der Waals surface area contributed by atoms with Gasteiger partial charge in [-0.05, 0) is 6.42 Å². The Hall–Kier alpha value is -2.22. The van der Waals surface area contributed by atoms with Crippen LogP contribution in [0, 0.1) is 0 Å².